The Hall–Kier alpha value is -2.02. The molecule has 0 atom stereocenters. The van der Waals surface area contributed by atoms with Crippen molar-refractivity contribution in [2.24, 2.45) is 0 Å². The van der Waals surface area contributed by atoms with Gasteiger partial charge in [-0.2, -0.15) is 13.2 Å². The first-order valence-electron chi connectivity index (χ1n) is 6.31. The Kier molecular flexibility index (Phi) is 4.52. The first-order chi connectivity index (χ1) is 9.91. The summed E-state index contributed by atoms with van der Waals surface area (Å²) in [5.41, 5.74) is -0.774. The minimum absolute atomic E-state index is 0.141. The van der Waals surface area contributed by atoms with E-state index in [1.165, 1.54) is 6.20 Å². The van der Waals surface area contributed by atoms with Crippen molar-refractivity contribution >= 4 is 0 Å². The number of aromatic nitrogens is 2. The Bertz CT molecular complexity index is 626. The van der Waals surface area contributed by atoms with Gasteiger partial charge >= 0.3 is 6.18 Å². The van der Waals surface area contributed by atoms with E-state index in [-0.39, 0.29) is 11.4 Å². The third-order valence-electron chi connectivity index (χ3n) is 2.80. The minimum Gasteiger partial charge on any atom is -0.311 e. The molecule has 0 saturated carbocycles. The van der Waals surface area contributed by atoms with Gasteiger partial charge in [0.15, 0.2) is 5.82 Å². The average molecular weight is 299 g/mol. The predicted octanol–water partition coefficient (Wildman–Crippen LogP) is 3.41. The highest BCUT2D eigenvalue weighted by molar-refractivity contribution is 5.61. The van der Waals surface area contributed by atoms with Gasteiger partial charge in [0, 0.05) is 18.3 Å². The van der Waals surface area contributed by atoms with Crippen LogP contribution in [0.3, 0.4) is 0 Å². The molecule has 1 aromatic carbocycles. The van der Waals surface area contributed by atoms with Crippen molar-refractivity contribution in [3.8, 4) is 11.4 Å². The molecule has 1 N–H and O–H groups in total. The summed E-state index contributed by atoms with van der Waals surface area (Å²) in [4.78, 5) is 7.88. The second kappa shape index (κ2) is 6.17. The number of nitrogens with one attached hydrogen (secondary N) is 1. The lowest BCUT2D eigenvalue weighted by Gasteiger charge is -2.12. The van der Waals surface area contributed by atoms with Gasteiger partial charge in [0.25, 0.3) is 0 Å². The van der Waals surface area contributed by atoms with Crippen LogP contribution in [0.15, 0.2) is 30.5 Å². The lowest BCUT2D eigenvalue weighted by atomic mass is 10.1. The van der Waals surface area contributed by atoms with Crippen LogP contribution in [0.5, 0.6) is 0 Å². The van der Waals surface area contributed by atoms with Gasteiger partial charge in [-0.25, -0.2) is 14.4 Å². The fourth-order valence-corrected chi connectivity index (χ4v) is 1.83. The third-order valence-corrected chi connectivity index (χ3v) is 2.80. The van der Waals surface area contributed by atoms with Crippen molar-refractivity contribution in [3.05, 3.63) is 47.5 Å². The molecule has 7 heteroatoms. The predicted molar refractivity (Wildman–Crippen MR) is 69.8 cm³/mol. The van der Waals surface area contributed by atoms with Crippen LogP contribution in [0.25, 0.3) is 11.4 Å². The maximum atomic E-state index is 13.3. The van der Waals surface area contributed by atoms with E-state index in [1.807, 2.05) is 6.92 Å². The molecule has 2 rings (SSSR count). The van der Waals surface area contributed by atoms with Crippen LogP contribution in [0.1, 0.15) is 18.2 Å². The topological polar surface area (TPSA) is 37.8 Å². The first kappa shape index (κ1) is 15.4. The lowest BCUT2D eigenvalue weighted by Crippen LogP contribution is -2.14. The molecule has 0 bridgehead atoms. The summed E-state index contributed by atoms with van der Waals surface area (Å²) in [6.07, 6.45) is -3.23. The Balaban J connectivity index is 2.48. The zero-order valence-corrected chi connectivity index (χ0v) is 11.2. The summed E-state index contributed by atoms with van der Waals surface area (Å²) in [7, 11) is 0. The van der Waals surface area contributed by atoms with Gasteiger partial charge in [-0.3, -0.25) is 0 Å². The van der Waals surface area contributed by atoms with Crippen molar-refractivity contribution in [2.45, 2.75) is 19.6 Å². The third kappa shape index (κ3) is 3.75. The summed E-state index contributed by atoms with van der Waals surface area (Å²) >= 11 is 0. The molecule has 0 spiro atoms. The molecule has 1 heterocycles. The fraction of sp³-hybridized carbons (Fsp3) is 0.286. The van der Waals surface area contributed by atoms with E-state index in [0.29, 0.717) is 24.8 Å². The second-order valence-electron chi connectivity index (χ2n) is 4.34. The number of alkyl halides is 3. The molecule has 0 saturated heterocycles. The van der Waals surface area contributed by atoms with E-state index in [4.69, 9.17) is 0 Å². The van der Waals surface area contributed by atoms with Crippen molar-refractivity contribution in [1.29, 1.82) is 0 Å². The van der Waals surface area contributed by atoms with Crippen LogP contribution in [-0.4, -0.2) is 16.5 Å². The Morgan fingerprint density at radius 1 is 1.19 bits per heavy atom. The molecule has 3 nitrogen and oxygen atoms in total. The van der Waals surface area contributed by atoms with Gasteiger partial charge in [0.1, 0.15) is 5.82 Å². The molecule has 0 radical (unpaired) electrons. The van der Waals surface area contributed by atoms with E-state index < -0.39 is 17.6 Å². The standard InChI is InChI=1S/C14H13F4N3/c1-2-19-8-10-5-6-20-13(21-10)11-7-9(15)3-4-12(11)14(16,17)18/h3-7,19H,2,8H2,1H3. The van der Waals surface area contributed by atoms with E-state index >= 15 is 0 Å². The zero-order valence-electron chi connectivity index (χ0n) is 11.2. The summed E-state index contributed by atoms with van der Waals surface area (Å²) in [6.45, 7) is 3.01. The summed E-state index contributed by atoms with van der Waals surface area (Å²) in [5.74, 6) is -0.907. The van der Waals surface area contributed by atoms with E-state index in [9.17, 15) is 17.6 Å². The zero-order chi connectivity index (χ0) is 15.5. The van der Waals surface area contributed by atoms with Gasteiger partial charge in [-0.15, -0.1) is 0 Å². The first-order valence-corrected chi connectivity index (χ1v) is 6.31. The minimum atomic E-state index is -4.59. The maximum Gasteiger partial charge on any atom is 0.417 e. The van der Waals surface area contributed by atoms with Crippen molar-refractivity contribution in [1.82, 2.24) is 15.3 Å². The number of hydrogen-bond acceptors (Lipinski definition) is 3. The van der Waals surface area contributed by atoms with Crippen molar-refractivity contribution in [3.63, 3.8) is 0 Å². The number of benzene rings is 1. The highest BCUT2D eigenvalue weighted by atomic mass is 19.4. The summed E-state index contributed by atoms with van der Waals surface area (Å²) in [6, 6.07) is 3.87. The average Bonchev–Trinajstić information content (AvgIpc) is 2.44. The molecule has 0 aliphatic carbocycles. The molecule has 112 valence electrons. The Morgan fingerprint density at radius 2 is 1.95 bits per heavy atom. The highest BCUT2D eigenvalue weighted by Crippen LogP contribution is 2.36. The van der Waals surface area contributed by atoms with Gasteiger partial charge in [-0.1, -0.05) is 6.92 Å². The number of hydrogen-bond donors (Lipinski definition) is 1. The number of halogens is 4. The molecule has 21 heavy (non-hydrogen) atoms. The number of rotatable bonds is 4. The fourth-order valence-electron chi connectivity index (χ4n) is 1.83. The van der Waals surface area contributed by atoms with Crippen LogP contribution < -0.4 is 5.32 Å². The normalized spacial score (nSPS) is 11.7. The quantitative estimate of drug-likeness (QED) is 0.879. The molecule has 0 amide bonds. The van der Waals surface area contributed by atoms with E-state index in [0.717, 1.165) is 12.1 Å². The summed E-state index contributed by atoms with van der Waals surface area (Å²) in [5, 5.41) is 3.01. The lowest BCUT2D eigenvalue weighted by molar-refractivity contribution is -0.137. The second-order valence-corrected chi connectivity index (χ2v) is 4.34. The molecule has 0 aliphatic rings. The van der Waals surface area contributed by atoms with Crippen LogP contribution in [0.4, 0.5) is 17.6 Å². The van der Waals surface area contributed by atoms with E-state index in [1.54, 1.807) is 6.07 Å². The monoisotopic (exact) mass is 299 g/mol. The van der Waals surface area contributed by atoms with Crippen LogP contribution in [-0.2, 0) is 12.7 Å². The molecular weight excluding hydrogens is 286 g/mol. The van der Waals surface area contributed by atoms with E-state index in [2.05, 4.69) is 15.3 Å². The Morgan fingerprint density at radius 3 is 2.62 bits per heavy atom. The van der Waals surface area contributed by atoms with Crippen molar-refractivity contribution < 1.29 is 17.6 Å². The SMILES string of the molecule is CCNCc1ccnc(-c2cc(F)ccc2C(F)(F)F)n1. The molecule has 0 aliphatic heterocycles. The highest BCUT2D eigenvalue weighted by Gasteiger charge is 2.34. The molecule has 2 aromatic rings. The summed E-state index contributed by atoms with van der Waals surface area (Å²) < 4.78 is 52.2. The smallest absolute Gasteiger partial charge is 0.311 e. The van der Waals surface area contributed by atoms with Gasteiger partial charge in [0.2, 0.25) is 0 Å². The van der Waals surface area contributed by atoms with Gasteiger partial charge in [-0.05, 0) is 30.8 Å². The maximum absolute atomic E-state index is 13.3. The van der Waals surface area contributed by atoms with Crippen LogP contribution >= 0.6 is 0 Å². The van der Waals surface area contributed by atoms with Crippen molar-refractivity contribution in [2.75, 3.05) is 6.54 Å². The van der Waals surface area contributed by atoms with Crippen LogP contribution in [0, 0.1) is 5.82 Å². The van der Waals surface area contributed by atoms with Crippen LogP contribution in [0.2, 0.25) is 0 Å². The molecule has 1 aromatic heterocycles. The Labute approximate surface area is 119 Å². The largest absolute Gasteiger partial charge is 0.417 e. The van der Waals surface area contributed by atoms with Gasteiger partial charge in [0.05, 0.1) is 11.3 Å². The number of nitrogens with zero attached hydrogens (tertiary/aromatic N) is 2. The van der Waals surface area contributed by atoms with Gasteiger partial charge < -0.3 is 5.32 Å². The molecule has 0 unspecified atom stereocenters. The molecular formula is C14H13F4N3. The molecule has 0 fully saturated rings.